The molecule has 2 N–H and O–H groups in total. The van der Waals surface area contributed by atoms with E-state index in [1.54, 1.807) is 33.0 Å². The second-order valence-electron chi connectivity index (χ2n) is 6.46. The molecular weight excluding hydrogens is 527 g/mol. The van der Waals surface area contributed by atoms with Crippen LogP contribution >= 0.6 is 35.7 Å². The van der Waals surface area contributed by atoms with E-state index >= 15 is 0 Å². The SMILES string of the molecule is CCOc1cc(NC(=NCC(=O)N(C)C)NCCSc2ccccc2)ccc1OC.I. The number of nitrogens with one attached hydrogen (secondary N) is 2. The summed E-state index contributed by atoms with van der Waals surface area (Å²) in [6.07, 6.45) is 0. The number of halogens is 1. The predicted octanol–water partition coefficient (Wildman–Crippen LogP) is 3.95. The Balaban J connectivity index is 0.00000480. The van der Waals surface area contributed by atoms with Crippen LogP contribution < -0.4 is 20.1 Å². The number of amides is 1. The second kappa shape index (κ2) is 14.8. The van der Waals surface area contributed by atoms with Crippen molar-refractivity contribution >= 4 is 53.3 Å². The highest BCUT2D eigenvalue weighted by Gasteiger charge is 2.09. The highest BCUT2D eigenvalue weighted by Crippen LogP contribution is 2.30. The second-order valence-corrected chi connectivity index (χ2v) is 7.63. The molecule has 0 aliphatic carbocycles. The van der Waals surface area contributed by atoms with Crippen LogP contribution in [0.4, 0.5) is 5.69 Å². The van der Waals surface area contributed by atoms with Crippen molar-refractivity contribution in [2.45, 2.75) is 11.8 Å². The molecule has 2 rings (SSSR count). The third kappa shape index (κ3) is 9.69. The van der Waals surface area contributed by atoms with Crippen molar-refractivity contribution in [1.82, 2.24) is 10.2 Å². The smallest absolute Gasteiger partial charge is 0.243 e. The van der Waals surface area contributed by atoms with E-state index in [-0.39, 0.29) is 36.4 Å². The lowest BCUT2D eigenvalue weighted by molar-refractivity contribution is -0.127. The summed E-state index contributed by atoms with van der Waals surface area (Å²) < 4.78 is 11.0. The van der Waals surface area contributed by atoms with Gasteiger partial charge < -0.3 is 25.0 Å². The van der Waals surface area contributed by atoms with E-state index in [0.29, 0.717) is 30.6 Å². The van der Waals surface area contributed by atoms with Gasteiger partial charge >= 0.3 is 0 Å². The number of likely N-dealkylation sites (N-methyl/N-ethyl adjacent to an activating group) is 1. The van der Waals surface area contributed by atoms with Gasteiger partial charge in [0.05, 0.1) is 13.7 Å². The molecule has 0 fully saturated rings. The van der Waals surface area contributed by atoms with Gasteiger partial charge in [0.2, 0.25) is 5.91 Å². The Labute approximate surface area is 206 Å². The van der Waals surface area contributed by atoms with Crippen LogP contribution in [0.15, 0.2) is 58.4 Å². The summed E-state index contributed by atoms with van der Waals surface area (Å²) in [6, 6.07) is 15.8. The van der Waals surface area contributed by atoms with Crippen molar-refractivity contribution in [3.63, 3.8) is 0 Å². The van der Waals surface area contributed by atoms with E-state index in [1.165, 1.54) is 9.80 Å². The number of aliphatic imine (C=N–C) groups is 1. The maximum atomic E-state index is 12.0. The van der Waals surface area contributed by atoms with E-state index in [9.17, 15) is 4.79 Å². The van der Waals surface area contributed by atoms with Crippen molar-refractivity contribution < 1.29 is 14.3 Å². The van der Waals surface area contributed by atoms with Crippen LogP contribution in [-0.2, 0) is 4.79 Å². The molecule has 1 amide bonds. The van der Waals surface area contributed by atoms with E-state index in [2.05, 4.69) is 27.8 Å². The molecule has 0 aromatic heterocycles. The molecule has 0 radical (unpaired) electrons. The minimum atomic E-state index is -0.0699. The zero-order chi connectivity index (χ0) is 21.8. The molecule has 0 heterocycles. The quantitative estimate of drug-likeness (QED) is 0.151. The van der Waals surface area contributed by atoms with Crippen LogP contribution in [0, 0.1) is 0 Å². The van der Waals surface area contributed by atoms with Gasteiger partial charge in [-0.2, -0.15) is 0 Å². The molecule has 2 aromatic carbocycles. The van der Waals surface area contributed by atoms with Gasteiger partial charge in [-0.05, 0) is 31.2 Å². The van der Waals surface area contributed by atoms with Crippen LogP contribution in [0.25, 0.3) is 0 Å². The van der Waals surface area contributed by atoms with Crippen molar-refractivity contribution in [2.75, 3.05) is 52.0 Å². The first-order chi connectivity index (χ1) is 14.5. The minimum absolute atomic E-state index is 0. The number of thioether (sulfide) groups is 1. The highest BCUT2D eigenvalue weighted by atomic mass is 127. The summed E-state index contributed by atoms with van der Waals surface area (Å²) in [5, 5.41) is 6.53. The maximum absolute atomic E-state index is 12.0. The number of hydrogen-bond donors (Lipinski definition) is 2. The maximum Gasteiger partial charge on any atom is 0.243 e. The van der Waals surface area contributed by atoms with Gasteiger partial charge in [-0.1, -0.05) is 18.2 Å². The Bertz CT molecular complexity index is 835. The molecule has 0 bridgehead atoms. The number of benzene rings is 2. The lowest BCUT2D eigenvalue weighted by atomic mass is 10.2. The summed E-state index contributed by atoms with van der Waals surface area (Å²) >= 11 is 1.75. The van der Waals surface area contributed by atoms with Crippen LogP contribution in [0.1, 0.15) is 6.92 Å². The van der Waals surface area contributed by atoms with Crippen molar-refractivity contribution in [2.24, 2.45) is 4.99 Å². The Morgan fingerprint density at radius 2 is 1.87 bits per heavy atom. The van der Waals surface area contributed by atoms with Crippen molar-refractivity contribution in [3.05, 3.63) is 48.5 Å². The molecule has 0 spiro atoms. The molecule has 0 unspecified atom stereocenters. The molecule has 0 atom stereocenters. The number of carbonyl (C=O) groups is 1. The number of methoxy groups -OCH3 is 1. The van der Waals surface area contributed by atoms with Gasteiger partial charge in [-0.25, -0.2) is 4.99 Å². The zero-order valence-corrected chi connectivity index (χ0v) is 21.5. The van der Waals surface area contributed by atoms with Crippen LogP contribution in [0.2, 0.25) is 0 Å². The minimum Gasteiger partial charge on any atom is -0.493 e. The third-order valence-corrected chi connectivity index (χ3v) is 5.02. The van der Waals surface area contributed by atoms with Gasteiger partial charge in [-0.15, -0.1) is 35.7 Å². The van der Waals surface area contributed by atoms with Crippen LogP contribution in [0.3, 0.4) is 0 Å². The number of nitrogens with zero attached hydrogens (tertiary/aromatic N) is 2. The number of carbonyl (C=O) groups excluding carboxylic acids is 1. The molecular formula is C22H31IN4O3S. The summed E-state index contributed by atoms with van der Waals surface area (Å²) in [5.41, 5.74) is 0.790. The molecule has 7 nitrogen and oxygen atoms in total. The van der Waals surface area contributed by atoms with Crippen LogP contribution in [-0.4, -0.2) is 63.4 Å². The molecule has 0 aliphatic heterocycles. The number of anilines is 1. The molecule has 9 heteroatoms. The van der Waals surface area contributed by atoms with Crippen molar-refractivity contribution in [1.29, 1.82) is 0 Å². The Kier molecular flexibility index (Phi) is 12.8. The third-order valence-electron chi connectivity index (χ3n) is 4.00. The molecule has 0 saturated carbocycles. The average molecular weight is 558 g/mol. The van der Waals surface area contributed by atoms with Gasteiger partial charge in [0.15, 0.2) is 17.5 Å². The number of hydrogen-bond acceptors (Lipinski definition) is 5. The highest BCUT2D eigenvalue weighted by molar-refractivity contribution is 14.0. The first-order valence-electron chi connectivity index (χ1n) is 9.77. The summed E-state index contributed by atoms with van der Waals surface area (Å²) in [4.78, 5) is 19.1. The number of ether oxygens (including phenoxy) is 2. The average Bonchev–Trinajstić information content (AvgIpc) is 2.75. The fourth-order valence-electron chi connectivity index (χ4n) is 2.44. The number of rotatable bonds is 10. The van der Waals surface area contributed by atoms with Gasteiger partial charge in [0, 0.05) is 43.0 Å². The standard InChI is InChI=1S/C22H30N4O3S.HI/c1-5-29-20-15-17(11-12-19(20)28-4)25-22(24-16-21(27)26(2)3)23-13-14-30-18-9-7-6-8-10-18;/h6-12,15H,5,13-14,16H2,1-4H3,(H2,23,24,25);1H. The first-order valence-corrected chi connectivity index (χ1v) is 10.8. The van der Waals surface area contributed by atoms with Gasteiger partial charge in [0.25, 0.3) is 0 Å². The molecule has 170 valence electrons. The lowest BCUT2D eigenvalue weighted by Crippen LogP contribution is -2.34. The largest absolute Gasteiger partial charge is 0.493 e. The zero-order valence-electron chi connectivity index (χ0n) is 18.4. The molecule has 31 heavy (non-hydrogen) atoms. The lowest BCUT2D eigenvalue weighted by Gasteiger charge is -2.15. The van der Waals surface area contributed by atoms with E-state index in [0.717, 1.165) is 11.4 Å². The normalized spacial score (nSPS) is 10.6. The van der Waals surface area contributed by atoms with Gasteiger partial charge in [0.1, 0.15) is 6.54 Å². The molecule has 0 saturated heterocycles. The molecule has 2 aromatic rings. The van der Waals surface area contributed by atoms with E-state index < -0.39 is 0 Å². The van der Waals surface area contributed by atoms with E-state index in [4.69, 9.17) is 9.47 Å². The topological polar surface area (TPSA) is 75.2 Å². The first kappa shape index (κ1) is 26.9. The van der Waals surface area contributed by atoms with Crippen LogP contribution in [0.5, 0.6) is 11.5 Å². The summed E-state index contributed by atoms with van der Waals surface area (Å²) in [6.45, 7) is 3.21. The van der Waals surface area contributed by atoms with Gasteiger partial charge in [-0.3, -0.25) is 4.79 Å². The summed E-state index contributed by atoms with van der Waals surface area (Å²) in [7, 11) is 5.04. The molecule has 0 aliphatic rings. The monoisotopic (exact) mass is 558 g/mol. The Hall–Kier alpha value is -2.14. The fourth-order valence-corrected chi connectivity index (χ4v) is 3.23. The Morgan fingerprint density at radius 1 is 1.13 bits per heavy atom. The van der Waals surface area contributed by atoms with E-state index in [1.807, 2.05) is 43.3 Å². The predicted molar refractivity (Wildman–Crippen MR) is 139 cm³/mol. The van der Waals surface area contributed by atoms with Crippen molar-refractivity contribution in [3.8, 4) is 11.5 Å². The Morgan fingerprint density at radius 3 is 2.52 bits per heavy atom. The summed E-state index contributed by atoms with van der Waals surface area (Å²) in [5.74, 6) is 2.63. The number of guanidine groups is 1. The fraction of sp³-hybridized carbons (Fsp3) is 0.364.